The maximum Gasteiger partial charge on any atom is 0.319 e. The largest absolute Gasteiger partial charge is 0.394 e. The van der Waals surface area contributed by atoms with Gasteiger partial charge in [0.05, 0.1) is 23.9 Å². The topological polar surface area (TPSA) is 74.2 Å². The maximum atomic E-state index is 12.2. The van der Waals surface area contributed by atoms with Gasteiger partial charge < -0.3 is 15.7 Å². The van der Waals surface area contributed by atoms with E-state index in [1.54, 1.807) is 12.3 Å². The lowest BCUT2D eigenvalue weighted by Crippen LogP contribution is -2.34. The predicted molar refractivity (Wildman–Crippen MR) is 90.2 cm³/mol. The molecule has 0 spiro atoms. The predicted octanol–water partition coefficient (Wildman–Crippen LogP) is 3.09. The van der Waals surface area contributed by atoms with Crippen molar-refractivity contribution in [1.82, 2.24) is 10.3 Å². The molecule has 3 aromatic rings. The van der Waals surface area contributed by atoms with Crippen molar-refractivity contribution in [2.24, 2.45) is 0 Å². The number of rotatable bonds is 4. The third kappa shape index (κ3) is 3.46. The molecule has 2 aromatic carbocycles. The maximum absolute atomic E-state index is 12.2. The molecule has 0 aliphatic rings. The quantitative estimate of drug-likeness (QED) is 0.693. The number of aliphatic hydroxyl groups excluding tert-OH is 1. The van der Waals surface area contributed by atoms with E-state index in [9.17, 15) is 9.90 Å². The number of hydrogen-bond donors (Lipinski definition) is 3. The van der Waals surface area contributed by atoms with E-state index < -0.39 is 6.04 Å². The van der Waals surface area contributed by atoms with E-state index in [0.29, 0.717) is 5.69 Å². The summed E-state index contributed by atoms with van der Waals surface area (Å²) in [6.07, 6.45) is 1.69. The van der Waals surface area contributed by atoms with Crippen molar-refractivity contribution in [3.05, 3.63) is 72.4 Å². The molecule has 3 rings (SSSR count). The summed E-state index contributed by atoms with van der Waals surface area (Å²) in [7, 11) is 0. The molecule has 5 nitrogen and oxygen atoms in total. The van der Waals surface area contributed by atoms with Gasteiger partial charge in [-0.15, -0.1) is 0 Å². The fourth-order valence-corrected chi connectivity index (χ4v) is 2.44. The first-order valence-electron chi connectivity index (χ1n) is 7.35. The normalized spacial score (nSPS) is 11.9. The number of amides is 2. The highest BCUT2D eigenvalue weighted by molar-refractivity contribution is 5.99. The van der Waals surface area contributed by atoms with Gasteiger partial charge in [-0.25, -0.2) is 4.79 Å². The number of carbonyl (C=O) groups is 1. The molecular formula is C18H17N3O2. The lowest BCUT2D eigenvalue weighted by molar-refractivity contribution is 0.225. The molecule has 0 fully saturated rings. The SMILES string of the molecule is O=C(Nc1cccc2cccnc12)N[C@H](CO)c1ccccc1. The number of benzene rings is 2. The molecule has 0 aliphatic heterocycles. The summed E-state index contributed by atoms with van der Waals surface area (Å²) < 4.78 is 0. The van der Waals surface area contributed by atoms with Gasteiger partial charge in [-0.1, -0.05) is 48.5 Å². The molecule has 5 heteroatoms. The molecule has 0 radical (unpaired) electrons. The molecule has 1 atom stereocenters. The van der Waals surface area contributed by atoms with E-state index in [4.69, 9.17) is 0 Å². The Morgan fingerprint density at radius 1 is 1.04 bits per heavy atom. The van der Waals surface area contributed by atoms with Crippen molar-refractivity contribution >= 4 is 22.6 Å². The Bertz CT molecular complexity index is 800. The first kappa shape index (κ1) is 15.0. The van der Waals surface area contributed by atoms with Crippen molar-refractivity contribution < 1.29 is 9.90 Å². The van der Waals surface area contributed by atoms with Crippen molar-refractivity contribution in [2.45, 2.75) is 6.04 Å². The second-order valence-electron chi connectivity index (χ2n) is 5.12. The first-order chi connectivity index (χ1) is 11.3. The Balaban J connectivity index is 1.76. The number of nitrogens with zero attached hydrogens (tertiary/aromatic N) is 1. The molecule has 3 N–H and O–H groups in total. The minimum absolute atomic E-state index is 0.175. The number of nitrogens with one attached hydrogen (secondary N) is 2. The number of fused-ring (bicyclic) bond motifs is 1. The number of aliphatic hydroxyl groups is 1. The van der Waals surface area contributed by atoms with Gasteiger partial charge in [0.2, 0.25) is 0 Å². The summed E-state index contributed by atoms with van der Waals surface area (Å²) >= 11 is 0. The zero-order valence-electron chi connectivity index (χ0n) is 12.4. The van der Waals surface area contributed by atoms with E-state index >= 15 is 0 Å². The average molecular weight is 307 g/mol. The number of urea groups is 1. The van der Waals surface area contributed by atoms with E-state index in [-0.39, 0.29) is 12.6 Å². The molecular weight excluding hydrogens is 290 g/mol. The van der Waals surface area contributed by atoms with Crippen molar-refractivity contribution in [3.63, 3.8) is 0 Å². The smallest absolute Gasteiger partial charge is 0.319 e. The van der Waals surface area contributed by atoms with Crippen molar-refractivity contribution in [3.8, 4) is 0 Å². The molecule has 116 valence electrons. The van der Waals surface area contributed by atoms with Gasteiger partial charge in [-0.2, -0.15) is 0 Å². The van der Waals surface area contributed by atoms with Crippen LogP contribution in [0.4, 0.5) is 10.5 Å². The van der Waals surface area contributed by atoms with E-state index in [1.165, 1.54) is 0 Å². The van der Waals surface area contributed by atoms with Crippen molar-refractivity contribution in [1.29, 1.82) is 0 Å². The van der Waals surface area contributed by atoms with Crippen LogP contribution < -0.4 is 10.6 Å². The van der Waals surface area contributed by atoms with E-state index in [2.05, 4.69) is 15.6 Å². The highest BCUT2D eigenvalue weighted by Crippen LogP contribution is 2.20. The molecule has 2 amide bonds. The van der Waals surface area contributed by atoms with Gasteiger partial charge in [0.15, 0.2) is 0 Å². The summed E-state index contributed by atoms with van der Waals surface area (Å²) in [5.74, 6) is 0. The molecule has 0 bridgehead atoms. The van der Waals surface area contributed by atoms with E-state index in [0.717, 1.165) is 16.5 Å². The van der Waals surface area contributed by atoms with Crippen LogP contribution in [0.3, 0.4) is 0 Å². The second-order valence-corrected chi connectivity index (χ2v) is 5.12. The van der Waals surface area contributed by atoms with Crippen LogP contribution in [-0.4, -0.2) is 22.7 Å². The summed E-state index contributed by atoms with van der Waals surface area (Å²) in [5.41, 5.74) is 2.21. The highest BCUT2D eigenvalue weighted by Gasteiger charge is 2.14. The molecule has 23 heavy (non-hydrogen) atoms. The molecule has 0 saturated carbocycles. The average Bonchev–Trinajstić information content (AvgIpc) is 2.61. The molecule has 0 unspecified atom stereocenters. The number of para-hydroxylation sites is 1. The summed E-state index contributed by atoms with van der Waals surface area (Å²) in [6.45, 7) is -0.175. The van der Waals surface area contributed by atoms with Crippen LogP contribution in [0.5, 0.6) is 0 Å². The molecule has 0 aliphatic carbocycles. The van der Waals surface area contributed by atoms with Crippen molar-refractivity contribution in [2.75, 3.05) is 11.9 Å². The third-order valence-electron chi connectivity index (χ3n) is 3.57. The number of anilines is 1. The van der Waals surface area contributed by atoms with Gasteiger partial charge in [0.1, 0.15) is 0 Å². The van der Waals surface area contributed by atoms with Gasteiger partial charge in [-0.05, 0) is 17.7 Å². The summed E-state index contributed by atoms with van der Waals surface area (Å²) in [4.78, 5) is 16.5. The van der Waals surface area contributed by atoms with E-state index in [1.807, 2.05) is 54.6 Å². The first-order valence-corrected chi connectivity index (χ1v) is 7.35. The van der Waals surface area contributed by atoms with Crippen LogP contribution in [0, 0.1) is 0 Å². The summed E-state index contributed by atoms with van der Waals surface area (Å²) in [6, 6.07) is 17.9. The Hall–Kier alpha value is -2.92. The van der Waals surface area contributed by atoms with Gasteiger partial charge >= 0.3 is 6.03 Å². The van der Waals surface area contributed by atoms with Crippen LogP contribution in [0.1, 0.15) is 11.6 Å². The van der Waals surface area contributed by atoms with Gasteiger partial charge in [0, 0.05) is 11.6 Å². The highest BCUT2D eigenvalue weighted by atomic mass is 16.3. The molecule has 0 saturated heterocycles. The number of hydrogen-bond acceptors (Lipinski definition) is 3. The number of pyridine rings is 1. The van der Waals surface area contributed by atoms with Crippen LogP contribution in [-0.2, 0) is 0 Å². The van der Waals surface area contributed by atoms with Crippen LogP contribution >= 0.6 is 0 Å². The zero-order chi connectivity index (χ0) is 16.1. The Kier molecular flexibility index (Phi) is 4.49. The number of carbonyl (C=O) groups excluding carboxylic acids is 1. The third-order valence-corrected chi connectivity index (χ3v) is 3.57. The lowest BCUT2D eigenvalue weighted by Gasteiger charge is -2.17. The van der Waals surface area contributed by atoms with Gasteiger partial charge in [0.25, 0.3) is 0 Å². The Labute approximate surface area is 134 Å². The number of aromatic nitrogens is 1. The molecule has 1 aromatic heterocycles. The fraction of sp³-hybridized carbons (Fsp3) is 0.111. The zero-order valence-corrected chi connectivity index (χ0v) is 12.4. The lowest BCUT2D eigenvalue weighted by atomic mass is 10.1. The Morgan fingerprint density at radius 2 is 1.83 bits per heavy atom. The minimum atomic E-state index is -0.459. The van der Waals surface area contributed by atoms with Crippen LogP contribution in [0.15, 0.2) is 66.9 Å². The second kappa shape index (κ2) is 6.89. The fourth-order valence-electron chi connectivity index (χ4n) is 2.44. The molecule has 1 heterocycles. The van der Waals surface area contributed by atoms with Crippen LogP contribution in [0.2, 0.25) is 0 Å². The monoisotopic (exact) mass is 307 g/mol. The standard InChI is InChI=1S/C18H17N3O2/c22-12-16(13-6-2-1-3-7-13)21-18(23)20-15-10-4-8-14-9-5-11-19-17(14)15/h1-11,16,22H,12H2,(H2,20,21,23)/t16-/m1/s1. The Morgan fingerprint density at radius 3 is 2.61 bits per heavy atom. The van der Waals surface area contributed by atoms with Crippen LogP contribution in [0.25, 0.3) is 10.9 Å². The minimum Gasteiger partial charge on any atom is -0.394 e. The summed E-state index contributed by atoms with van der Waals surface area (Å²) in [5, 5.41) is 16.0. The van der Waals surface area contributed by atoms with Gasteiger partial charge in [-0.3, -0.25) is 4.98 Å².